The van der Waals surface area contributed by atoms with Gasteiger partial charge >= 0.3 is 0 Å². The second kappa shape index (κ2) is 7.78. The normalized spacial score (nSPS) is 27.8. The van der Waals surface area contributed by atoms with Gasteiger partial charge in [-0.3, -0.25) is 4.90 Å². The lowest BCUT2D eigenvalue weighted by atomic mass is 10.00. The topological polar surface area (TPSA) is 45.2 Å². The first-order chi connectivity index (χ1) is 11.5. The minimum Gasteiger partial charge on any atom is -0.490 e. The van der Waals surface area contributed by atoms with E-state index in [1.54, 1.807) is 12.1 Å². The van der Waals surface area contributed by atoms with E-state index in [0.717, 1.165) is 32.5 Å². The lowest BCUT2D eigenvalue weighted by Gasteiger charge is -2.39. The lowest BCUT2D eigenvalue weighted by molar-refractivity contribution is -0.0688. The predicted molar refractivity (Wildman–Crippen MR) is 89.8 cm³/mol. The number of aliphatic hydroxyl groups is 1. The third-order valence-corrected chi connectivity index (χ3v) is 4.90. The maximum Gasteiger partial charge on any atom is 0.134 e. The van der Waals surface area contributed by atoms with Crippen LogP contribution in [0, 0.1) is 5.82 Å². The van der Waals surface area contributed by atoms with Gasteiger partial charge in [0.25, 0.3) is 0 Å². The Labute approximate surface area is 143 Å². The number of likely N-dealkylation sites (tertiary alicyclic amines) is 1. The van der Waals surface area contributed by atoms with Crippen molar-refractivity contribution in [3.8, 4) is 5.75 Å². The van der Waals surface area contributed by atoms with Crippen LogP contribution in [-0.2, 0) is 4.74 Å². The summed E-state index contributed by atoms with van der Waals surface area (Å²) in [5.41, 5.74) is -1.08. The van der Waals surface area contributed by atoms with Crippen LogP contribution >= 0.6 is 0 Å². The van der Waals surface area contributed by atoms with Gasteiger partial charge in [-0.1, -0.05) is 6.07 Å². The van der Waals surface area contributed by atoms with Crippen molar-refractivity contribution >= 4 is 0 Å². The summed E-state index contributed by atoms with van der Waals surface area (Å²) >= 11 is 0. The molecule has 2 aliphatic heterocycles. The highest BCUT2D eigenvalue weighted by molar-refractivity contribution is 5.22. The average molecular weight is 338 g/mol. The lowest BCUT2D eigenvalue weighted by Crippen LogP contribution is -2.53. The molecule has 1 unspecified atom stereocenters. The summed E-state index contributed by atoms with van der Waals surface area (Å²) < 4.78 is 24.5. The van der Waals surface area contributed by atoms with Gasteiger partial charge in [-0.2, -0.15) is 0 Å². The highest BCUT2D eigenvalue weighted by Crippen LogP contribution is 2.22. The Balaban J connectivity index is 1.60. The molecule has 0 amide bonds. The van der Waals surface area contributed by atoms with Crippen molar-refractivity contribution in [3.05, 3.63) is 30.1 Å². The first-order valence-corrected chi connectivity index (χ1v) is 8.65. The van der Waals surface area contributed by atoms with Crippen LogP contribution in [0.15, 0.2) is 24.3 Å². The third kappa shape index (κ3) is 4.66. The van der Waals surface area contributed by atoms with Crippen LogP contribution in [0.1, 0.15) is 12.8 Å². The highest BCUT2D eigenvalue weighted by Gasteiger charge is 2.36. The zero-order chi connectivity index (χ0) is 17.0. The number of halogens is 1. The number of hydrogen-bond donors (Lipinski definition) is 1. The van der Waals surface area contributed by atoms with Crippen LogP contribution in [0.5, 0.6) is 5.75 Å². The number of benzene rings is 1. The van der Waals surface area contributed by atoms with Gasteiger partial charge < -0.3 is 19.5 Å². The van der Waals surface area contributed by atoms with Crippen molar-refractivity contribution in [3.63, 3.8) is 0 Å². The zero-order valence-electron chi connectivity index (χ0n) is 14.3. The molecule has 1 N–H and O–H groups in total. The summed E-state index contributed by atoms with van der Waals surface area (Å²) in [4.78, 5) is 4.67. The molecule has 3 rings (SSSR count). The number of nitrogens with zero attached hydrogens (tertiary/aromatic N) is 2. The fourth-order valence-electron chi connectivity index (χ4n) is 3.48. The Morgan fingerprint density at radius 3 is 2.88 bits per heavy atom. The summed E-state index contributed by atoms with van der Waals surface area (Å²) in [6, 6.07) is 6.47. The fraction of sp³-hybridized carbons (Fsp3) is 0.667. The van der Waals surface area contributed by atoms with E-state index in [1.165, 1.54) is 12.1 Å². The number of hydrogen-bond acceptors (Lipinski definition) is 5. The Morgan fingerprint density at radius 1 is 1.33 bits per heavy atom. The minimum atomic E-state index is -1.08. The summed E-state index contributed by atoms with van der Waals surface area (Å²) in [5.74, 6) is 0.0862. The molecular formula is C18H27FN2O3. The molecule has 2 fully saturated rings. The molecule has 0 spiro atoms. The van der Waals surface area contributed by atoms with Crippen molar-refractivity contribution in [1.82, 2.24) is 9.80 Å². The van der Waals surface area contributed by atoms with Gasteiger partial charge in [-0.25, -0.2) is 4.39 Å². The Bertz CT molecular complexity index is 537. The van der Waals surface area contributed by atoms with Gasteiger partial charge in [-0.05, 0) is 45.1 Å². The molecule has 0 aliphatic carbocycles. The SMILES string of the molecule is CN1CCC(N2CCOCC(O)(COc3cccc(F)c3)C2)CC1. The van der Waals surface area contributed by atoms with Gasteiger partial charge in [0.2, 0.25) is 0 Å². The molecule has 0 radical (unpaired) electrons. The van der Waals surface area contributed by atoms with Crippen molar-refractivity contribution in [2.24, 2.45) is 0 Å². The van der Waals surface area contributed by atoms with Crippen molar-refractivity contribution in [2.75, 3.05) is 53.0 Å². The molecule has 2 saturated heterocycles. The van der Waals surface area contributed by atoms with E-state index in [4.69, 9.17) is 9.47 Å². The minimum absolute atomic E-state index is 0.0968. The molecule has 134 valence electrons. The molecule has 5 nitrogen and oxygen atoms in total. The van der Waals surface area contributed by atoms with Gasteiger partial charge in [0.15, 0.2) is 0 Å². The Hall–Kier alpha value is -1.21. The number of β-amino-alcohol motifs (C(OH)–C–C–N with tert-alkyl or cyclic N) is 1. The molecule has 0 bridgehead atoms. The van der Waals surface area contributed by atoms with Crippen LogP contribution < -0.4 is 4.74 Å². The molecule has 0 aromatic heterocycles. The van der Waals surface area contributed by atoms with Crippen molar-refractivity contribution in [1.29, 1.82) is 0 Å². The van der Waals surface area contributed by atoms with E-state index in [9.17, 15) is 9.50 Å². The van der Waals surface area contributed by atoms with E-state index in [0.29, 0.717) is 24.9 Å². The molecule has 24 heavy (non-hydrogen) atoms. The second-order valence-electron chi connectivity index (χ2n) is 7.03. The predicted octanol–water partition coefficient (Wildman–Crippen LogP) is 1.36. The van der Waals surface area contributed by atoms with Crippen molar-refractivity contribution < 1.29 is 19.0 Å². The highest BCUT2D eigenvalue weighted by atomic mass is 19.1. The average Bonchev–Trinajstić information content (AvgIpc) is 2.76. The van der Waals surface area contributed by atoms with E-state index in [-0.39, 0.29) is 19.0 Å². The zero-order valence-corrected chi connectivity index (χ0v) is 14.3. The summed E-state index contributed by atoms with van der Waals surface area (Å²) in [6.07, 6.45) is 2.22. The molecule has 2 aliphatic rings. The largest absolute Gasteiger partial charge is 0.490 e. The van der Waals surface area contributed by atoms with Gasteiger partial charge in [0.1, 0.15) is 23.8 Å². The molecule has 1 aromatic rings. The first kappa shape index (κ1) is 17.6. The van der Waals surface area contributed by atoms with Crippen molar-refractivity contribution in [2.45, 2.75) is 24.5 Å². The standard InChI is InChI=1S/C18H27FN2O3/c1-20-7-5-16(6-8-20)21-9-10-23-13-18(22,12-21)14-24-17-4-2-3-15(19)11-17/h2-4,11,16,22H,5-10,12-14H2,1H3. The first-order valence-electron chi connectivity index (χ1n) is 8.65. The number of rotatable bonds is 4. The maximum absolute atomic E-state index is 13.3. The van der Waals surface area contributed by atoms with Crippen LogP contribution in [-0.4, -0.2) is 79.6 Å². The smallest absolute Gasteiger partial charge is 0.134 e. The molecule has 1 atom stereocenters. The van der Waals surface area contributed by atoms with Crippen LogP contribution in [0.25, 0.3) is 0 Å². The molecule has 1 aromatic carbocycles. The van der Waals surface area contributed by atoms with E-state index in [2.05, 4.69) is 16.8 Å². The number of piperidine rings is 1. The fourth-order valence-corrected chi connectivity index (χ4v) is 3.48. The van der Waals surface area contributed by atoms with Crippen LogP contribution in [0.3, 0.4) is 0 Å². The summed E-state index contributed by atoms with van der Waals surface area (Å²) in [7, 11) is 2.14. The van der Waals surface area contributed by atoms with Gasteiger partial charge in [0.05, 0.1) is 13.2 Å². The molecule has 2 heterocycles. The quantitative estimate of drug-likeness (QED) is 0.898. The second-order valence-corrected chi connectivity index (χ2v) is 7.03. The summed E-state index contributed by atoms with van der Waals surface area (Å²) in [6.45, 7) is 4.48. The Morgan fingerprint density at radius 2 is 2.12 bits per heavy atom. The third-order valence-electron chi connectivity index (χ3n) is 4.90. The van der Waals surface area contributed by atoms with Crippen LogP contribution in [0.2, 0.25) is 0 Å². The van der Waals surface area contributed by atoms with E-state index >= 15 is 0 Å². The molecular weight excluding hydrogens is 311 g/mol. The molecule has 6 heteroatoms. The number of ether oxygens (including phenoxy) is 2. The van der Waals surface area contributed by atoms with E-state index < -0.39 is 5.60 Å². The van der Waals surface area contributed by atoms with Gasteiger partial charge in [0, 0.05) is 25.2 Å². The monoisotopic (exact) mass is 338 g/mol. The summed E-state index contributed by atoms with van der Waals surface area (Å²) in [5, 5.41) is 10.9. The van der Waals surface area contributed by atoms with E-state index in [1.807, 2.05) is 0 Å². The Kier molecular flexibility index (Phi) is 5.71. The van der Waals surface area contributed by atoms with Crippen LogP contribution in [0.4, 0.5) is 4.39 Å². The van der Waals surface area contributed by atoms with Gasteiger partial charge in [-0.15, -0.1) is 0 Å². The molecule has 0 saturated carbocycles. The maximum atomic E-state index is 13.3.